The van der Waals surface area contributed by atoms with E-state index in [-0.39, 0.29) is 0 Å². The summed E-state index contributed by atoms with van der Waals surface area (Å²) < 4.78 is 5.60. The summed E-state index contributed by atoms with van der Waals surface area (Å²) in [4.78, 5) is 0. The number of morpholine rings is 1. The van der Waals surface area contributed by atoms with Crippen molar-refractivity contribution in [2.45, 2.75) is 32.7 Å². The van der Waals surface area contributed by atoms with E-state index in [0.29, 0.717) is 17.9 Å². The molecular formula is C12H20N2O. The molecule has 2 aliphatic heterocycles. The Morgan fingerprint density at radius 1 is 1.33 bits per heavy atom. The maximum atomic E-state index is 5.60. The fraction of sp³-hybridized carbons (Fsp3) is 0.917. The number of hydrazone groups is 1. The summed E-state index contributed by atoms with van der Waals surface area (Å²) in [5.74, 6) is 2.16. The van der Waals surface area contributed by atoms with Crippen molar-refractivity contribution in [2.75, 3.05) is 19.8 Å². The summed E-state index contributed by atoms with van der Waals surface area (Å²) in [6, 6.07) is 0.548. The molecule has 84 valence electrons. The van der Waals surface area contributed by atoms with Crippen molar-refractivity contribution in [3.8, 4) is 0 Å². The van der Waals surface area contributed by atoms with Gasteiger partial charge in [-0.1, -0.05) is 13.8 Å². The molecule has 2 fully saturated rings. The van der Waals surface area contributed by atoms with Crippen LogP contribution in [0.3, 0.4) is 0 Å². The highest BCUT2D eigenvalue weighted by Crippen LogP contribution is 2.40. The predicted molar refractivity (Wildman–Crippen MR) is 59.8 cm³/mol. The Balaban J connectivity index is 1.89. The zero-order chi connectivity index (χ0) is 10.4. The SMILES string of the molecule is CC1CCC(C)C2C1=NN1CCOCC21. The summed E-state index contributed by atoms with van der Waals surface area (Å²) in [5, 5.41) is 7.13. The number of nitrogens with zero attached hydrogens (tertiary/aromatic N) is 2. The molecule has 4 unspecified atom stereocenters. The van der Waals surface area contributed by atoms with Crippen LogP contribution in [0.5, 0.6) is 0 Å². The van der Waals surface area contributed by atoms with Gasteiger partial charge in [-0.05, 0) is 24.7 Å². The molecule has 0 N–H and O–H groups in total. The summed E-state index contributed by atoms with van der Waals surface area (Å²) in [5.41, 5.74) is 1.46. The third-order valence-electron chi connectivity index (χ3n) is 4.31. The number of rotatable bonds is 0. The normalized spacial score (nSPS) is 44.7. The van der Waals surface area contributed by atoms with Crippen LogP contribution >= 0.6 is 0 Å². The average Bonchev–Trinajstić information content (AvgIpc) is 2.64. The molecule has 0 aromatic carbocycles. The van der Waals surface area contributed by atoms with Gasteiger partial charge in [-0.15, -0.1) is 0 Å². The summed E-state index contributed by atoms with van der Waals surface area (Å²) in [6.07, 6.45) is 2.67. The minimum atomic E-state index is 0.548. The molecule has 3 rings (SSSR count). The lowest BCUT2D eigenvalue weighted by Crippen LogP contribution is -2.47. The van der Waals surface area contributed by atoms with Gasteiger partial charge in [0.2, 0.25) is 0 Å². The smallest absolute Gasteiger partial charge is 0.0788 e. The fourth-order valence-corrected chi connectivity index (χ4v) is 3.38. The van der Waals surface area contributed by atoms with Gasteiger partial charge >= 0.3 is 0 Å². The molecular weight excluding hydrogens is 188 g/mol. The molecule has 0 spiro atoms. The van der Waals surface area contributed by atoms with Crippen LogP contribution in [0.1, 0.15) is 26.7 Å². The van der Waals surface area contributed by atoms with Crippen molar-refractivity contribution < 1.29 is 4.74 Å². The number of hydrogen-bond donors (Lipinski definition) is 0. The van der Waals surface area contributed by atoms with Crippen molar-refractivity contribution in [1.82, 2.24) is 5.01 Å². The molecule has 0 radical (unpaired) electrons. The molecule has 3 aliphatic rings. The largest absolute Gasteiger partial charge is 0.377 e. The number of hydrogen-bond acceptors (Lipinski definition) is 3. The van der Waals surface area contributed by atoms with Gasteiger partial charge in [0, 0.05) is 11.6 Å². The van der Waals surface area contributed by atoms with E-state index in [4.69, 9.17) is 9.84 Å². The van der Waals surface area contributed by atoms with Crippen molar-refractivity contribution in [3.63, 3.8) is 0 Å². The first-order valence-electron chi connectivity index (χ1n) is 6.20. The summed E-state index contributed by atoms with van der Waals surface area (Å²) >= 11 is 0. The highest BCUT2D eigenvalue weighted by atomic mass is 16.5. The van der Waals surface area contributed by atoms with E-state index >= 15 is 0 Å². The monoisotopic (exact) mass is 208 g/mol. The second-order valence-electron chi connectivity index (χ2n) is 5.31. The van der Waals surface area contributed by atoms with Gasteiger partial charge < -0.3 is 4.74 Å². The van der Waals surface area contributed by atoms with Crippen LogP contribution in [0.4, 0.5) is 0 Å². The zero-order valence-electron chi connectivity index (χ0n) is 9.65. The highest BCUT2D eigenvalue weighted by molar-refractivity contribution is 5.91. The molecule has 2 heterocycles. The Hall–Kier alpha value is -0.570. The lowest BCUT2D eigenvalue weighted by Gasteiger charge is -2.37. The van der Waals surface area contributed by atoms with Gasteiger partial charge in [-0.2, -0.15) is 5.10 Å². The van der Waals surface area contributed by atoms with E-state index in [2.05, 4.69) is 18.9 Å². The molecule has 0 aromatic heterocycles. The van der Waals surface area contributed by atoms with Gasteiger partial charge in [0.05, 0.1) is 25.8 Å². The van der Waals surface area contributed by atoms with E-state index in [0.717, 1.165) is 25.7 Å². The van der Waals surface area contributed by atoms with Crippen LogP contribution in [-0.4, -0.2) is 36.5 Å². The third kappa shape index (κ3) is 1.40. The Morgan fingerprint density at radius 2 is 2.20 bits per heavy atom. The van der Waals surface area contributed by atoms with E-state index in [1.807, 2.05) is 0 Å². The van der Waals surface area contributed by atoms with Crippen molar-refractivity contribution in [1.29, 1.82) is 0 Å². The Kier molecular flexibility index (Phi) is 2.23. The lowest BCUT2D eigenvalue weighted by molar-refractivity contribution is -0.0153. The second-order valence-corrected chi connectivity index (χ2v) is 5.31. The third-order valence-corrected chi connectivity index (χ3v) is 4.31. The molecule has 1 aliphatic carbocycles. The fourth-order valence-electron chi connectivity index (χ4n) is 3.38. The Bertz CT molecular complexity index is 289. The molecule has 15 heavy (non-hydrogen) atoms. The van der Waals surface area contributed by atoms with Crippen molar-refractivity contribution >= 4 is 5.71 Å². The minimum Gasteiger partial charge on any atom is -0.377 e. The lowest BCUT2D eigenvalue weighted by atomic mass is 9.71. The molecule has 0 amide bonds. The van der Waals surface area contributed by atoms with Gasteiger partial charge in [0.1, 0.15) is 0 Å². The molecule has 4 atom stereocenters. The van der Waals surface area contributed by atoms with Gasteiger partial charge in [0.15, 0.2) is 0 Å². The molecule has 3 nitrogen and oxygen atoms in total. The molecule has 1 saturated carbocycles. The first-order chi connectivity index (χ1) is 7.27. The van der Waals surface area contributed by atoms with Crippen LogP contribution in [-0.2, 0) is 4.74 Å². The standard InChI is InChI=1S/C12H20N2O/c1-8-3-4-9(2)12-11(8)10-7-15-6-5-14(10)13-12/h8-11H,3-7H2,1-2H3. The topological polar surface area (TPSA) is 24.8 Å². The van der Waals surface area contributed by atoms with Crippen molar-refractivity contribution in [2.24, 2.45) is 22.9 Å². The minimum absolute atomic E-state index is 0.548. The molecule has 3 heteroatoms. The molecule has 0 aromatic rings. The van der Waals surface area contributed by atoms with Crippen LogP contribution in [0.2, 0.25) is 0 Å². The predicted octanol–water partition coefficient (Wildman–Crippen LogP) is 1.74. The Labute approximate surface area is 91.5 Å². The van der Waals surface area contributed by atoms with E-state index in [1.165, 1.54) is 18.6 Å². The van der Waals surface area contributed by atoms with Gasteiger partial charge in [-0.3, -0.25) is 5.01 Å². The second kappa shape index (κ2) is 3.48. The number of fused-ring (bicyclic) bond motifs is 3. The first-order valence-corrected chi connectivity index (χ1v) is 6.20. The molecule has 1 saturated heterocycles. The number of ether oxygens (including phenoxy) is 1. The van der Waals surface area contributed by atoms with Crippen molar-refractivity contribution in [3.05, 3.63) is 0 Å². The van der Waals surface area contributed by atoms with Gasteiger partial charge in [0.25, 0.3) is 0 Å². The average molecular weight is 208 g/mol. The van der Waals surface area contributed by atoms with Gasteiger partial charge in [-0.25, -0.2) is 0 Å². The Morgan fingerprint density at radius 3 is 3.07 bits per heavy atom. The zero-order valence-corrected chi connectivity index (χ0v) is 9.65. The molecule has 0 bridgehead atoms. The highest BCUT2D eigenvalue weighted by Gasteiger charge is 2.45. The van der Waals surface area contributed by atoms with E-state index in [9.17, 15) is 0 Å². The van der Waals surface area contributed by atoms with E-state index < -0.39 is 0 Å². The van der Waals surface area contributed by atoms with Crippen LogP contribution in [0.15, 0.2) is 5.10 Å². The maximum absolute atomic E-state index is 5.60. The van der Waals surface area contributed by atoms with Crippen LogP contribution < -0.4 is 0 Å². The summed E-state index contributed by atoms with van der Waals surface area (Å²) in [6.45, 7) is 7.43. The first kappa shape index (κ1) is 9.64. The maximum Gasteiger partial charge on any atom is 0.0788 e. The van der Waals surface area contributed by atoms with Crippen LogP contribution in [0, 0.1) is 17.8 Å². The summed E-state index contributed by atoms with van der Waals surface area (Å²) in [7, 11) is 0. The quantitative estimate of drug-likeness (QED) is 0.605. The van der Waals surface area contributed by atoms with Crippen LogP contribution in [0.25, 0.3) is 0 Å². The van der Waals surface area contributed by atoms with E-state index in [1.54, 1.807) is 0 Å².